The normalized spacial score (nSPS) is 15.8. The van der Waals surface area contributed by atoms with Crippen molar-refractivity contribution in [3.63, 3.8) is 0 Å². The number of hydrogen-bond acceptors (Lipinski definition) is 6. The largest absolute Gasteiger partial charge is 0.454 e. The van der Waals surface area contributed by atoms with Gasteiger partial charge in [-0.05, 0) is 53.8 Å². The number of nitrogens with one attached hydrogen (secondary N) is 1. The molecule has 35 heavy (non-hydrogen) atoms. The van der Waals surface area contributed by atoms with E-state index in [0.717, 1.165) is 18.4 Å². The maximum absolute atomic E-state index is 13.4. The molecule has 0 fully saturated rings. The van der Waals surface area contributed by atoms with Crippen molar-refractivity contribution < 1.29 is 14.3 Å². The van der Waals surface area contributed by atoms with Crippen LogP contribution < -0.4 is 20.3 Å². The minimum Gasteiger partial charge on any atom is -0.454 e. The molecule has 8 heteroatoms. The van der Waals surface area contributed by atoms with Gasteiger partial charge in [0.05, 0.1) is 29.2 Å². The molecule has 1 aliphatic carbocycles. The van der Waals surface area contributed by atoms with E-state index in [1.54, 1.807) is 10.6 Å². The summed E-state index contributed by atoms with van der Waals surface area (Å²) in [7, 11) is 0. The van der Waals surface area contributed by atoms with Crippen molar-refractivity contribution in [1.82, 2.24) is 14.9 Å². The number of nitrogens with zero attached hydrogens (tertiary/aromatic N) is 2. The molecule has 0 saturated heterocycles. The summed E-state index contributed by atoms with van der Waals surface area (Å²) in [6.07, 6.45) is 1.87. The topological polar surface area (TPSA) is 82.5 Å². The molecule has 1 aliphatic heterocycles. The van der Waals surface area contributed by atoms with Crippen LogP contribution >= 0.6 is 11.8 Å². The van der Waals surface area contributed by atoms with E-state index in [2.05, 4.69) is 17.4 Å². The Morgan fingerprint density at radius 2 is 1.89 bits per heavy atom. The second-order valence-corrected chi connectivity index (χ2v) is 9.58. The molecule has 0 bridgehead atoms. The van der Waals surface area contributed by atoms with Gasteiger partial charge in [0, 0.05) is 0 Å². The van der Waals surface area contributed by atoms with Crippen LogP contribution in [0.3, 0.4) is 0 Å². The van der Waals surface area contributed by atoms with Crippen LogP contribution in [0, 0.1) is 0 Å². The van der Waals surface area contributed by atoms with E-state index in [1.807, 2.05) is 48.5 Å². The lowest BCUT2D eigenvalue weighted by Gasteiger charge is -2.16. The summed E-state index contributed by atoms with van der Waals surface area (Å²) >= 11 is 1.28. The Kier molecular flexibility index (Phi) is 5.66. The summed E-state index contributed by atoms with van der Waals surface area (Å²) in [6, 6.07) is 21.2. The number of carbonyl (C=O) groups is 1. The Morgan fingerprint density at radius 1 is 1.06 bits per heavy atom. The lowest BCUT2D eigenvalue weighted by Crippen LogP contribution is -2.29. The van der Waals surface area contributed by atoms with E-state index in [4.69, 9.17) is 14.5 Å². The van der Waals surface area contributed by atoms with Crippen LogP contribution in [0.4, 0.5) is 0 Å². The van der Waals surface area contributed by atoms with Crippen molar-refractivity contribution in [2.45, 2.75) is 30.6 Å². The average Bonchev–Trinajstić information content (AvgIpc) is 3.51. The van der Waals surface area contributed by atoms with Gasteiger partial charge in [0.15, 0.2) is 16.7 Å². The number of fused-ring (bicyclic) bond motifs is 3. The summed E-state index contributed by atoms with van der Waals surface area (Å²) in [4.78, 5) is 31.0. The van der Waals surface area contributed by atoms with Gasteiger partial charge in [-0.1, -0.05) is 54.2 Å². The Bertz CT molecular complexity index is 1500. The first-order valence-electron chi connectivity index (χ1n) is 11.5. The minimum atomic E-state index is -0.138. The average molecular weight is 486 g/mol. The Labute approximate surface area is 206 Å². The highest BCUT2D eigenvalue weighted by Crippen LogP contribution is 2.33. The van der Waals surface area contributed by atoms with Crippen molar-refractivity contribution in [1.29, 1.82) is 0 Å². The number of aryl methyl sites for hydroxylation is 1. The van der Waals surface area contributed by atoms with E-state index < -0.39 is 0 Å². The van der Waals surface area contributed by atoms with Crippen molar-refractivity contribution in [2.24, 2.45) is 0 Å². The van der Waals surface area contributed by atoms with Gasteiger partial charge in [-0.3, -0.25) is 14.2 Å². The molecule has 1 aromatic heterocycles. The first kappa shape index (κ1) is 21.7. The summed E-state index contributed by atoms with van der Waals surface area (Å²) < 4.78 is 12.5. The highest BCUT2D eigenvalue weighted by Gasteiger charge is 2.24. The molecule has 1 N–H and O–H groups in total. The molecule has 176 valence electrons. The lowest BCUT2D eigenvalue weighted by molar-refractivity contribution is -0.119. The highest BCUT2D eigenvalue weighted by atomic mass is 32.2. The SMILES string of the molecule is O=C(CSc1nc2ccccc2c(=O)n1Cc1ccc2c(c1)OCO2)N[C@H]1CCc2ccccc21. The van der Waals surface area contributed by atoms with Gasteiger partial charge in [0.2, 0.25) is 12.7 Å². The molecular formula is C27H23N3O4S. The molecule has 7 nitrogen and oxygen atoms in total. The van der Waals surface area contributed by atoms with Gasteiger partial charge in [0.1, 0.15) is 0 Å². The number of hydrogen-bond donors (Lipinski definition) is 1. The standard InChI is InChI=1S/C27H23N3O4S/c31-25(28-22-11-10-18-5-1-2-6-19(18)22)15-35-27-29-21-8-4-3-7-20(21)26(32)30(27)14-17-9-12-23-24(13-17)34-16-33-23/h1-9,12-13,22H,10-11,14-16H2,(H,28,31)/t22-/m0/s1. The van der Waals surface area contributed by atoms with Gasteiger partial charge in [0.25, 0.3) is 5.56 Å². The molecule has 4 aromatic rings. The van der Waals surface area contributed by atoms with Crippen molar-refractivity contribution in [2.75, 3.05) is 12.5 Å². The number of rotatable bonds is 6. The van der Waals surface area contributed by atoms with Crippen LogP contribution in [0.1, 0.15) is 29.2 Å². The first-order chi connectivity index (χ1) is 17.2. The fourth-order valence-electron chi connectivity index (χ4n) is 4.69. The minimum absolute atomic E-state index is 0.0275. The van der Waals surface area contributed by atoms with Gasteiger partial charge in [-0.2, -0.15) is 0 Å². The first-order valence-corrected chi connectivity index (χ1v) is 12.5. The number of para-hydroxylation sites is 1. The second kappa shape index (κ2) is 9.11. The summed E-state index contributed by atoms with van der Waals surface area (Å²) in [5.41, 5.74) is 3.85. The van der Waals surface area contributed by atoms with Crippen LogP contribution in [0.5, 0.6) is 11.5 Å². The maximum Gasteiger partial charge on any atom is 0.262 e. The molecule has 2 heterocycles. The molecule has 3 aromatic carbocycles. The molecule has 0 radical (unpaired) electrons. The van der Waals surface area contributed by atoms with Gasteiger partial charge in [-0.15, -0.1) is 0 Å². The van der Waals surface area contributed by atoms with E-state index >= 15 is 0 Å². The third-order valence-corrected chi connectivity index (χ3v) is 7.38. The third kappa shape index (κ3) is 4.25. The number of thioether (sulfide) groups is 1. The van der Waals surface area contributed by atoms with Crippen LogP contribution in [-0.2, 0) is 17.8 Å². The van der Waals surface area contributed by atoms with Crippen LogP contribution in [0.2, 0.25) is 0 Å². The van der Waals surface area contributed by atoms with Crippen molar-refractivity contribution in [3.05, 3.63) is 93.8 Å². The van der Waals surface area contributed by atoms with Crippen LogP contribution in [0.15, 0.2) is 76.7 Å². The second-order valence-electron chi connectivity index (χ2n) is 8.64. The van der Waals surface area contributed by atoms with Gasteiger partial charge < -0.3 is 14.8 Å². The molecule has 6 rings (SSSR count). The predicted molar refractivity (Wildman–Crippen MR) is 134 cm³/mol. The zero-order valence-corrected chi connectivity index (χ0v) is 19.7. The Balaban J connectivity index is 1.25. The molecule has 0 unspecified atom stereocenters. The molecule has 1 atom stereocenters. The predicted octanol–water partition coefficient (Wildman–Crippen LogP) is 4.07. The number of carbonyl (C=O) groups excluding carboxylic acids is 1. The van der Waals surface area contributed by atoms with Crippen LogP contribution in [-0.4, -0.2) is 28.0 Å². The smallest absolute Gasteiger partial charge is 0.262 e. The van der Waals surface area contributed by atoms with E-state index in [9.17, 15) is 9.59 Å². The van der Waals surface area contributed by atoms with Crippen molar-refractivity contribution in [3.8, 4) is 11.5 Å². The molecule has 2 aliphatic rings. The lowest BCUT2D eigenvalue weighted by atomic mass is 10.1. The quantitative estimate of drug-likeness (QED) is 0.328. The monoisotopic (exact) mass is 485 g/mol. The molecular weight excluding hydrogens is 462 g/mol. The Morgan fingerprint density at radius 3 is 2.83 bits per heavy atom. The fourth-order valence-corrected chi connectivity index (χ4v) is 5.50. The summed E-state index contributed by atoms with van der Waals surface area (Å²) in [5, 5.41) is 4.20. The van der Waals surface area contributed by atoms with E-state index in [1.165, 1.54) is 22.9 Å². The van der Waals surface area contributed by atoms with E-state index in [-0.39, 0.29) is 30.1 Å². The van der Waals surface area contributed by atoms with Gasteiger partial charge >= 0.3 is 0 Å². The molecule has 1 amide bonds. The molecule has 0 spiro atoms. The zero-order chi connectivity index (χ0) is 23.8. The third-order valence-electron chi connectivity index (χ3n) is 6.40. The fraction of sp³-hybridized carbons (Fsp3) is 0.222. The van der Waals surface area contributed by atoms with Crippen molar-refractivity contribution >= 4 is 28.6 Å². The number of ether oxygens (including phenoxy) is 2. The van der Waals surface area contributed by atoms with Gasteiger partial charge in [-0.25, -0.2) is 4.98 Å². The Hall–Kier alpha value is -3.78. The van der Waals surface area contributed by atoms with E-state index in [0.29, 0.717) is 34.1 Å². The summed E-state index contributed by atoms with van der Waals surface area (Å²) in [6.45, 7) is 0.505. The number of benzene rings is 3. The maximum atomic E-state index is 13.4. The highest BCUT2D eigenvalue weighted by molar-refractivity contribution is 7.99. The number of amides is 1. The molecule has 0 saturated carbocycles. The number of aromatic nitrogens is 2. The summed E-state index contributed by atoms with van der Waals surface area (Å²) in [5.74, 6) is 1.45. The zero-order valence-electron chi connectivity index (χ0n) is 18.9. The van der Waals surface area contributed by atoms with Crippen LogP contribution in [0.25, 0.3) is 10.9 Å².